The molecule has 0 aliphatic carbocycles. The largest absolute Gasteiger partial charge is 0.436 e. The van der Waals surface area contributed by atoms with Crippen molar-refractivity contribution in [2.75, 3.05) is 11.1 Å². The number of aryl methyl sites for hydroxylation is 1. The fourth-order valence-electron chi connectivity index (χ4n) is 2.60. The Hall–Kier alpha value is -3.55. The number of nitrogens with two attached hydrogens (primary N) is 1. The molecule has 4 aromatic heterocycles. The van der Waals surface area contributed by atoms with Crippen LogP contribution in [0.1, 0.15) is 5.69 Å². The van der Waals surface area contributed by atoms with E-state index in [2.05, 4.69) is 25.3 Å². The first-order valence-electron chi connectivity index (χ1n) is 7.46. The summed E-state index contributed by atoms with van der Waals surface area (Å²) in [6.07, 6.45) is 4.50. The molecule has 7 nitrogen and oxygen atoms in total. The van der Waals surface area contributed by atoms with Crippen LogP contribution in [-0.2, 0) is 0 Å². The van der Waals surface area contributed by atoms with Crippen molar-refractivity contribution in [1.29, 1.82) is 0 Å². The summed E-state index contributed by atoms with van der Waals surface area (Å²) in [6, 6.07) is 6.70. The van der Waals surface area contributed by atoms with Crippen LogP contribution in [0.5, 0.6) is 0 Å². The third-order valence-electron chi connectivity index (χ3n) is 3.69. The summed E-state index contributed by atoms with van der Waals surface area (Å²) >= 11 is 0. The quantitative estimate of drug-likeness (QED) is 0.552. The minimum atomic E-state index is -0.640. The number of hydrogen-bond donors (Lipinski definition) is 2. The molecule has 0 bridgehead atoms. The second kappa shape index (κ2) is 5.82. The Labute approximate surface area is 141 Å². The first kappa shape index (κ1) is 15.0. The van der Waals surface area contributed by atoms with Gasteiger partial charge in [0.05, 0.1) is 5.39 Å². The number of hydrogen-bond acceptors (Lipinski definition) is 7. The molecule has 0 saturated carbocycles. The van der Waals surface area contributed by atoms with E-state index in [-0.39, 0.29) is 11.7 Å². The maximum atomic E-state index is 13.3. The molecule has 25 heavy (non-hydrogen) atoms. The molecule has 0 aromatic carbocycles. The van der Waals surface area contributed by atoms with Gasteiger partial charge in [0.15, 0.2) is 5.58 Å². The van der Waals surface area contributed by atoms with Crippen LogP contribution in [0, 0.1) is 12.9 Å². The smallest absolute Gasteiger partial charge is 0.218 e. The van der Waals surface area contributed by atoms with Crippen molar-refractivity contribution in [2.45, 2.75) is 6.92 Å². The number of furan rings is 1. The van der Waals surface area contributed by atoms with Crippen molar-refractivity contribution in [3.63, 3.8) is 0 Å². The normalized spacial score (nSPS) is 11.0. The maximum absolute atomic E-state index is 13.3. The van der Waals surface area contributed by atoms with Crippen molar-refractivity contribution in [3.8, 4) is 11.3 Å². The molecule has 4 rings (SSSR count). The lowest BCUT2D eigenvalue weighted by Crippen LogP contribution is -1.97. The van der Waals surface area contributed by atoms with Crippen LogP contribution in [0.25, 0.3) is 22.2 Å². The van der Waals surface area contributed by atoms with Gasteiger partial charge in [-0.25, -0.2) is 9.97 Å². The zero-order valence-electron chi connectivity index (χ0n) is 13.2. The Kier molecular flexibility index (Phi) is 3.50. The van der Waals surface area contributed by atoms with E-state index in [0.29, 0.717) is 17.0 Å². The summed E-state index contributed by atoms with van der Waals surface area (Å²) in [5.41, 5.74) is 9.43. The van der Waals surface area contributed by atoms with Crippen molar-refractivity contribution < 1.29 is 8.81 Å². The topological polar surface area (TPSA) is 103 Å². The molecule has 0 fully saturated rings. The van der Waals surface area contributed by atoms with E-state index < -0.39 is 5.95 Å². The minimum Gasteiger partial charge on any atom is -0.436 e. The van der Waals surface area contributed by atoms with E-state index in [4.69, 9.17) is 10.2 Å². The number of nitrogens with one attached hydrogen (secondary N) is 1. The standard InChI is InChI=1S/C17H13FN6O/c1-9-6-10(2-4-20-9)14-16-11(3-5-21-14)15(17(19)25-16)24-13-7-12(18)22-8-23-13/h2-8H,19H2,1H3,(H,22,23,24). The fourth-order valence-corrected chi connectivity index (χ4v) is 2.60. The highest BCUT2D eigenvalue weighted by atomic mass is 19.1. The number of nitrogens with zero attached hydrogens (tertiary/aromatic N) is 4. The lowest BCUT2D eigenvalue weighted by molar-refractivity contribution is 0.580. The van der Waals surface area contributed by atoms with E-state index in [1.807, 2.05) is 19.1 Å². The van der Waals surface area contributed by atoms with Crippen LogP contribution in [0.15, 0.2) is 47.4 Å². The molecule has 4 heterocycles. The summed E-state index contributed by atoms with van der Waals surface area (Å²) in [4.78, 5) is 16.0. The summed E-state index contributed by atoms with van der Waals surface area (Å²) in [5, 5.41) is 3.69. The third kappa shape index (κ3) is 2.74. The molecule has 4 aromatic rings. The van der Waals surface area contributed by atoms with Crippen LogP contribution >= 0.6 is 0 Å². The average molecular weight is 336 g/mol. The van der Waals surface area contributed by atoms with Gasteiger partial charge in [-0.05, 0) is 25.1 Å². The molecular formula is C17H13FN6O. The van der Waals surface area contributed by atoms with Gasteiger partial charge in [-0.2, -0.15) is 4.39 Å². The summed E-state index contributed by atoms with van der Waals surface area (Å²) in [7, 11) is 0. The highest BCUT2D eigenvalue weighted by Crippen LogP contribution is 2.38. The van der Waals surface area contributed by atoms with E-state index in [1.54, 1.807) is 18.5 Å². The molecule has 0 saturated heterocycles. The first-order chi connectivity index (χ1) is 12.1. The lowest BCUT2D eigenvalue weighted by Gasteiger charge is -2.04. The van der Waals surface area contributed by atoms with Gasteiger partial charge in [0.25, 0.3) is 0 Å². The van der Waals surface area contributed by atoms with E-state index in [1.165, 1.54) is 6.07 Å². The van der Waals surface area contributed by atoms with Gasteiger partial charge in [0.2, 0.25) is 11.8 Å². The van der Waals surface area contributed by atoms with Gasteiger partial charge in [-0.1, -0.05) is 0 Å². The summed E-state index contributed by atoms with van der Waals surface area (Å²) in [6.45, 7) is 1.90. The predicted octanol–water partition coefficient (Wildman–Crippen LogP) is 3.45. The molecule has 0 amide bonds. The van der Waals surface area contributed by atoms with Gasteiger partial charge in [0, 0.05) is 29.7 Å². The van der Waals surface area contributed by atoms with E-state index in [9.17, 15) is 4.39 Å². The van der Waals surface area contributed by atoms with Gasteiger partial charge in [-0.3, -0.25) is 9.97 Å². The second-order valence-corrected chi connectivity index (χ2v) is 5.41. The van der Waals surface area contributed by atoms with Crippen LogP contribution in [0.2, 0.25) is 0 Å². The Balaban J connectivity index is 1.85. The van der Waals surface area contributed by atoms with E-state index in [0.717, 1.165) is 23.0 Å². The van der Waals surface area contributed by atoms with Crippen LogP contribution in [0.3, 0.4) is 0 Å². The third-order valence-corrected chi connectivity index (χ3v) is 3.69. The zero-order valence-corrected chi connectivity index (χ0v) is 13.2. The highest BCUT2D eigenvalue weighted by Gasteiger charge is 2.17. The Morgan fingerprint density at radius 2 is 1.92 bits per heavy atom. The molecule has 3 N–H and O–H groups in total. The molecule has 8 heteroatoms. The summed E-state index contributed by atoms with van der Waals surface area (Å²) < 4.78 is 19.0. The Bertz CT molecular complexity index is 1080. The highest BCUT2D eigenvalue weighted by molar-refractivity contribution is 6.03. The molecular weight excluding hydrogens is 323 g/mol. The van der Waals surface area contributed by atoms with Crippen LogP contribution in [0.4, 0.5) is 21.8 Å². The Morgan fingerprint density at radius 3 is 2.72 bits per heavy atom. The van der Waals surface area contributed by atoms with Crippen molar-refractivity contribution in [3.05, 3.63) is 54.6 Å². The number of fused-ring (bicyclic) bond motifs is 1. The molecule has 0 spiro atoms. The molecule has 124 valence electrons. The number of aromatic nitrogens is 4. The molecule has 0 radical (unpaired) electrons. The SMILES string of the molecule is Cc1cc(-c2nccc3c(Nc4cc(F)ncn4)c(N)oc23)ccn1. The maximum Gasteiger partial charge on any atom is 0.218 e. The first-order valence-corrected chi connectivity index (χ1v) is 7.46. The minimum absolute atomic E-state index is 0.161. The number of nitrogen functional groups attached to an aromatic ring is 1. The predicted molar refractivity (Wildman–Crippen MR) is 91.7 cm³/mol. The van der Waals surface area contributed by atoms with Crippen molar-refractivity contribution in [1.82, 2.24) is 19.9 Å². The molecule has 0 aliphatic heterocycles. The van der Waals surface area contributed by atoms with Gasteiger partial charge < -0.3 is 15.5 Å². The van der Waals surface area contributed by atoms with E-state index >= 15 is 0 Å². The van der Waals surface area contributed by atoms with Crippen LogP contribution in [-0.4, -0.2) is 19.9 Å². The monoisotopic (exact) mass is 336 g/mol. The van der Waals surface area contributed by atoms with Gasteiger partial charge in [0.1, 0.15) is 23.5 Å². The van der Waals surface area contributed by atoms with Crippen molar-refractivity contribution in [2.24, 2.45) is 0 Å². The summed E-state index contributed by atoms with van der Waals surface area (Å²) in [5.74, 6) is -0.201. The Morgan fingerprint density at radius 1 is 1.08 bits per heavy atom. The number of pyridine rings is 2. The number of anilines is 3. The molecule has 0 aliphatic rings. The average Bonchev–Trinajstić information content (AvgIpc) is 2.91. The molecule has 0 unspecified atom stereocenters. The van der Waals surface area contributed by atoms with Gasteiger partial charge in [-0.15, -0.1) is 0 Å². The zero-order chi connectivity index (χ0) is 17.4. The molecule has 0 atom stereocenters. The van der Waals surface area contributed by atoms with Crippen LogP contribution < -0.4 is 11.1 Å². The van der Waals surface area contributed by atoms with Crippen molar-refractivity contribution >= 4 is 28.4 Å². The lowest BCUT2D eigenvalue weighted by atomic mass is 10.1. The number of halogens is 1. The fraction of sp³-hybridized carbons (Fsp3) is 0.0588. The second-order valence-electron chi connectivity index (χ2n) is 5.41. The van der Waals surface area contributed by atoms with Gasteiger partial charge >= 0.3 is 0 Å². The number of rotatable bonds is 3.